The monoisotopic (exact) mass is 403 g/mol. The summed E-state index contributed by atoms with van der Waals surface area (Å²) in [5.41, 5.74) is 6.75. The van der Waals surface area contributed by atoms with Gasteiger partial charge in [0.05, 0.1) is 25.6 Å². The third-order valence-corrected chi connectivity index (χ3v) is 4.42. The van der Waals surface area contributed by atoms with Gasteiger partial charge in [0.2, 0.25) is 0 Å². The maximum atomic E-state index is 11.9. The smallest absolute Gasteiger partial charge is 0.353 e. The van der Waals surface area contributed by atoms with Gasteiger partial charge in [-0.05, 0) is 13.3 Å². The summed E-state index contributed by atoms with van der Waals surface area (Å²) in [5, 5.41) is 8.41. The van der Waals surface area contributed by atoms with Crippen LogP contribution in [0.15, 0.2) is 12.7 Å². The predicted octanol–water partition coefficient (Wildman–Crippen LogP) is 0.464. The molecule has 0 amide bonds. The van der Waals surface area contributed by atoms with Gasteiger partial charge in [-0.1, -0.05) is 0 Å². The van der Waals surface area contributed by atoms with Gasteiger partial charge in [-0.2, -0.15) is 0 Å². The molecule has 13 heteroatoms. The fourth-order valence-corrected chi connectivity index (χ4v) is 3.08. The Hall–Kier alpha value is -2.11. The molecule has 2 aromatic heterocycles. The van der Waals surface area contributed by atoms with E-state index in [0.717, 1.165) is 0 Å². The van der Waals surface area contributed by atoms with Crippen LogP contribution >= 0.6 is 7.60 Å². The number of carboxylic acids is 1. The van der Waals surface area contributed by atoms with Crippen LogP contribution in [-0.4, -0.2) is 67.8 Å². The zero-order chi connectivity index (χ0) is 19.9. The van der Waals surface area contributed by atoms with Gasteiger partial charge in [0, 0.05) is 6.61 Å². The van der Waals surface area contributed by atoms with Crippen LogP contribution in [0, 0.1) is 0 Å². The quantitative estimate of drug-likeness (QED) is 0.332. The number of carbonyl (C=O) groups is 1. The molecular formula is C14H22N5O7P. The van der Waals surface area contributed by atoms with Crippen LogP contribution in [0.3, 0.4) is 0 Å². The van der Waals surface area contributed by atoms with Crippen LogP contribution in [0.2, 0.25) is 0 Å². The number of carboxylic acid groups (broad SMARTS) is 1. The number of nitrogen functional groups attached to an aromatic ring is 1. The number of anilines is 1. The third-order valence-electron chi connectivity index (χ3n) is 3.36. The number of imidazole rings is 1. The van der Waals surface area contributed by atoms with E-state index in [1.165, 1.54) is 6.33 Å². The number of nitrogens with two attached hydrogens (primary N) is 1. The van der Waals surface area contributed by atoms with E-state index < -0.39 is 32.6 Å². The molecule has 2 atom stereocenters. The second-order valence-corrected chi connectivity index (χ2v) is 7.50. The van der Waals surface area contributed by atoms with Gasteiger partial charge < -0.3 is 34.3 Å². The van der Waals surface area contributed by atoms with Crippen LogP contribution < -0.4 is 5.73 Å². The van der Waals surface area contributed by atoms with Crippen molar-refractivity contribution in [1.29, 1.82) is 0 Å². The highest BCUT2D eigenvalue weighted by atomic mass is 31.2. The Morgan fingerprint density at radius 1 is 1.37 bits per heavy atom. The van der Waals surface area contributed by atoms with Crippen LogP contribution in [0.4, 0.5) is 5.82 Å². The molecule has 0 bridgehead atoms. The third kappa shape index (κ3) is 6.85. The standard InChI is InChI=1S/C14H22N5O7P/c1-10(5-19-8-18-12-13(15)16-7-17-14(12)19)25-9-27(22,23)26-4-2-3-24-6-11(20)21/h7-8,10H,2-6,9H2,1H3,(H,20,21)(H,22,23)(H2,15,16,17)/t10-/m1/s1. The molecule has 4 N–H and O–H groups in total. The first-order valence-electron chi connectivity index (χ1n) is 8.07. The summed E-state index contributed by atoms with van der Waals surface area (Å²) in [5.74, 6) is -0.807. The molecule has 0 spiro atoms. The largest absolute Gasteiger partial charge is 0.480 e. The molecule has 0 saturated heterocycles. The summed E-state index contributed by atoms with van der Waals surface area (Å²) >= 11 is 0. The maximum Gasteiger partial charge on any atom is 0.353 e. The fourth-order valence-electron chi connectivity index (χ4n) is 2.15. The van der Waals surface area contributed by atoms with Crippen molar-refractivity contribution >= 4 is 30.5 Å². The topological polar surface area (TPSA) is 172 Å². The average molecular weight is 403 g/mol. The Morgan fingerprint density at radius 3 is 2.89 bits per heavy atom. The van der Waals surface area contributed by atoms with Crippen LogP contribution in [0.25, 0.3) is 11.2 Å². The van der Waals surface area contributed by atoms with E-state index >= 15 is 0 Å². The van der Waals surface area contributed by atoms with E-state index in [2.05, 4.69) is 15.0 Å². The van der Waals surface area contributed by atoms with Gasteiger partial charge in [-0.3, -0.25) is 4.57 Å². The summed E-state index contributed by atoms with van der Waals surface area (Å²) in [4.78, 5) is 32.1. The zero-order valence-electron chi connectivity index (χ0n) is 14.7. The lowest BCUT2D eigenvalue weighted by atomic mass is 10.4. The SMILES string of the molecule is C[C@H](Cn1cnc2c(N)ncnc21)OCP(=O)(O)OCCCOCC(=O)O. The number of ether oxygens (including phenoxy) is 2. The van der Waals surface area contributed by atoms with Crippen molar-refractivity contribution in [2.24, 2.45) is 0 Å². The zero-order valence-corrected chi connectivity index (χ0v) is 15.6. The van der Waals surface area contributed by atoms with E-state index in [9.17, 15) is 14.3 Å². The minimum absolute atomic E-state index is 0.0481. The molecule has 12 nitrogen and oxygen atoms in total. The number of aromatic nitrogens is 4. The number of hydrogen-bond donors (Lipinski definition) is 3. The molecule has 2 aromatic rings. The van der Waals surface area contributed by atoms with Crippen molar-refractivity contribution in [3.05, 3.63) is 12.7 Å². The first kappa shape index (κ1) is 21.2. The Labute approximate surface area is 154 Å². The van der Waals surface area contributed by atoms with Crippen molar-refractivity contribution in [2.45, 2.75) is 26.0 Å². The van der Waals surface area contributed by atoms with E-state index in [4.69, 9.17) is 24.8 Å². The van der Waals surface area contributed by atoms with Gasteiger partial charge >= 0.3 is 13.6 Å². The summed E-state index contributed by atoms with van der Waals surface area (Å²) in [7, 11) is -3.92. The van der Waals surface area contributed by atoms with Crippen molar-refractivity contribution in [3.63, 3.8) is 0 Å². The maximum absolute atomic E-state index is 11.9. The molecule has 0 aliphatic rings. The molecule has 0 aliphatic carbocycles. The van der Waals surface area contributed by atoms with Crippen molar-refractivity contribution < 1.29 is 33.4 Å². The van der Waals surface area contributed by atoms with Crippen LogP contribution in [-0.2, 0) is 29.9 Å². The van der Waals surface area contributed by atoms with Gasteiger partial charge in [0.25, 0.3) is 0 Å². The number of hydrogen-bond acceptors (Lipinski definition) is 9. The highest BCUT2D eigenvalue weighted by Gasteiger charge is 2.21. The van der Waals surface area contributed by atoms with Gasteiger partial charge in [0.15, 0.2) is 11.5 Å². The minimum atomic E-state index is -3.92. The Balaban J connectivity index is 1.73. The Morgan fingerprint density at radius 2 is 2.15 bits per heavy atom. The molecule has 0 aromatic carbocycles. The number of rotatable bonds is 12. The highest BCUT2D eigenvalue weighted by Crippen LogP contribution is 2.42. The van der Waals surface area contributed by atoms with Crippen molar-refractivity contribution in [1.82, 2.24) is 19.5 Å². The minimum Gasteiger partial charge on any atom is -0.480 e. The first-order valence-corrected chi connectivity index (χ1v) is 9.83. The van der Waals surface area contributed by atoms with E-state index in [-0.39, 0.29) is 25.5 Å². The fraction of sp³-hybridized carbons (Fsp3) is 0.571. The highest BCUT2D eigenvalue weighted by molar-refractivity contribution is 7.52. The molecule has 2 rings (SSSR count). The van der Waals surface area contributed by atoms with Crippen molar-refractivity contribution in [2.75, 3.05) is 31.9 Å². The van der Waals surface area contributed by atoms with Crippen LogP contribution in [0.5, 0.6) is 0 Å². The molecule has 150 valence electrons. The second-order valence-electron chi connectivity index (χ2n) is 5.70. The van der Waals surface area contributed by atoms with Gasteiger partial charge in [-0.25, -0.2) is 19.7 Å². The van der Waals surface area contributed by atoms with E-state index in [0.29, 0.717) is 17.7 Å². The second kappa shape index (κ2) is 9.72. The molecule has 0 saturated carbocycles. The summed E-state index contributed by atoms with van der Waals surface area (Å²) in [6.07, 6.45) is 2.27. The molecule has 0 fully saturated rings. The Bertz CT molecular complexity index is 814. The number of nitrogens with zero attached hydrogens (tertiary/aromatic N) is 4. The molecule has 27 heavy (non-hydrogen) atoms. The number of fused-ring (bicyclic) bond motifs is 1. The summed E-state index contributed by atoms with van der Waals surface area (Å²) < 4.78 is 28.8. The average Bonchev–Trinajstić information content (AvgIpc) is 3.00. The molecule has 1 unspecified atom stereocenters. The molecule has 0 aliphatic heterocycles. The van der Waals surface area contributed by atoms with Gasteiger partial charge in [-0.15, -0.1) is 0 Å². The van der Waals surface area contributed by atoms with E-state index in [1.54, 1.807) is 17.8 Å². The lowest BCUT2D eigenvalue weighted by molar-refractivity contribution is -0.142. The summed E-state index contributed by atoms with van der Waals surface area (Å²) in [6.45, 7) is 1.72. The summed E-state index contributed by atoms with van der Waals surface area (Å²) in [6, 6.07) is 0. The number of aliphatic carboxylic acids is 1. The lowest BCUT2D eigenvalue weighted by Gasteiger charge is -2.17. The normalized spacial score (nSPS) is 14.9. The van der Waals surface area contributed by atoms with Crippen molar-refractivity contribution in [3.8, 4) is 0 Å². The Kier molecular flexibility index (Phi) is 7.63. The van der Waals surface area contributed by atoms with E-state index in [1.807, 2.05) is 0 Å². The lowest BCUT2D eigenvalue weighted by Crippen LogP contribution is -2.17. The van der Waals surface area contributed by atoms with Crippen LogP contribution in [0.1, 0.15) is 13.3 Å². The molecular weight excluding hydrogens is 381 g/mol. The first-order chi connectivity index (χ1) is 12.8. The predicted molar refractivity (Wildman–Crippen MR) is 94.0 cm³/mol. The molecule has 0 radical (unpaired) electrons. The van der Waals surface area contributed by atoms with Gasteiger partial charge in [0.1, 0.15) is 24.8 Å². The molecule has 2 heterocycles.